The van der Waals surface area contributed by atoms with Crippen molar-refractivity contribution in [2.75, 3.05) is 6.61 Å². The molecule has 0 aromatic heterocycles. The molecule has 0 amide bonds. The molecule has 0 spiro atoms. The average molecular weight is 512 g/mol. The van der Waals surface area contributed by atoms with Crippen LogP contribution in [-0.4, -0.2) is 67.2 Å². The molecule has 8 nitrogen and oxygen atoms in total. The van der Waals surface area contributed by atoms with Crippen molar-refractivity contribution in [2.24, 2.45) is 5.11 Å². The van der Waals surface area contributed by atoms with Gasteiger partial charge in [0.2, 0.25) is 0 Å². The van der Waals surface area contributed by atoms with E-state index in [9.17, 15) is 5.11 Å². The standard InChI is InChI=1S/C22H41N3O5Si3/c1-31(2,3)27-15-19-20(26)22(30-33(7,8)9)21(29-32(4,5)6)18(28-19)14-16-10-12-17(13-11-16)24-25-23/h10-13,18-22,26H,14-15H2,1-9H3/t18-,19-,20-,21?,22?/m1/s1. The summed E-state index contributed by atoms with van der Waals surface area (Å²) in [6, 6.07) is 7.46. The summed E-state index contributed by atoms with van der Waals surface area (Å²) in [6.07, 6.45) is -1.92. The zero-order valence-corrected chi connectivity index (χ0v) is 24.5. The molecule has 1 aromatic carbocycles. The summed E-state index contributed by atoms with van der Waals surface area (Å²) in [5, 5.41) is 15.0. The molecule has 1 aromatic rings. The van der Waals surface area contributed by atoms with Crippen LogP contribution in [0.4, 0.5) is 5.69 Å². The predicted octanol–water partition coefficient (Wildman–Crippen LogP) is 5.59. The van der Waals surface area contributed by atoms with Crippen LogP contribution in [0.5, 0.6) is 0 Å². The van der Waals surface area contributed by atoms with Crippen molar-refractivity contribution in [3.63, 3.8) is 0 Å². The van der Waals surface area contributed by atoms with E-state index in [0.717, 1.165) is 5.56 Å². The predicted molar refractivity (Wildman–Crippen MR) is 139 cm³/mol. The third kappa shape index (κ3) is 9.63. The van der Waals surface area contributed by atoms with Crippen molar-refractivity contribution in [3.8, 4) is 0 Å². The fraction of sp³-hybridized carbons (Fsp3) is 0.727. The van der Waals surface area contributed by atoms with E-state index in [4.69, 9.17) is 23.5 Å². The Morgan fingerprint density at radius 1 is 0.879 bits per heavy atom. The number of hydrogen-bond donors (Lipinski definition) is 1. The Labute approximate surface area is 201 Å². The maximum atomic E-state index is 11.3. The van der Waals surface area contributed by atoms with Gasteiger partial charge in [-0.15, -0.1) is 0 Å². The maximum absolute atomic E-state index is 11.3. The molecule has 11 heteroatoms. The maximum Gasteiger partial charge on any atom is 0.184 e. The second kappa shape index (κ2) is 11.1. The van der Waals surface area contributed by atoms with E-state index in [-0.39, 0.29) is 6.10 Å². The topological polar surface area (TPSA) is 106 Å². The van der Waals surface area contributed by atoms with Gasteiger partial charge in [-0.2, -0.15) is 0 Å². The van der Waals surface area contributed by atoms with Crippen LogP contribution >= 0.6 is 0 Å². The molecule has 1 heterocycles. The largest absolute Gasteiger partial charge is 0.415 e. The minimum atomic E-state index is -1.99. The van der Waals surface area contributed by atoms with Crippen LogP contribution < -0.4 is 0 Å². The van der Waals surface area contributed by atoms with Crippen molar-refractivity contribution >= 4 is 30.6 Å². The van der Waals surface area contributed by atoms with Crippen molar-refractivity contribution in [2.45, 2.75) is 95.9 Å². The van der Waals surface area contributed by atoms with Gasteiger partial charge in [-0.25, -0.2) is 0 Å². The molecule has 33 heavy (non-hydrogen) atoms. The van der Waals surface area contributed by atoms with Gasteiger partial charge in [-0.1, -0.05) is 29.4 Å². The smallest absolute Gasteiger partial charge is 0.184 e. The minimum Gasteiger partial charge on any atom is -0.415 e. The number of hydrogen-bond acceptors (Lipinski definition) is 6. The van der Waals surface area contributed by atoms with E-state index >= 15 is 0 Å². The highest BCUT2D eigenvalue weighted by molar-refractivity contribution is 6.70. The first-order valence-corrected chi connectivity index (χ1v) is 21.8. The number of aliphatic hydroxyl groups is 1. The lowest BCUT2D eigenvalue weighted by molar-refractivity contribution is -0.218. The lowest BCUT2D eigenvalue weighted by atomic mass is 9.91. The molecular weight excluding hydrogens is 471 g/mol. The van der Waals surface area contributed by atoms with Crippen molar-refractivity contribution in [1.82, 2.24) is 0 Å². The molecule has 1 aliphatic heterocycles. The first-order valence-electron chi connectivity index (χ1n) is 11.6. The van der Waals surface area contributed by atoms with Crippen LogP contribution in [0, 0.1) is 0 Å². The van der Waals surface area contributed by atoms with E-state index < -0.39 is 49.4 Å². The van der Waals surface area contributed by atoms with E-state index in [0.29, 0.717) is 18.7 Å². The highest BCUT2D eigenvalue weighted by Crippen LogP contribution is 2.32. The Kier molecular flexibility index (Phi) is 9.53. The monoisotopic (exact) mass is 511 g/mol. The van der Waals surface area contributed by atoms with Crippen LogP contribution in [0.15, 0.2) is 29.4 Å². The lowest BCUT2D eigenvalue weighted by Gasteiger charge is -2.48. The zero-order valence-electron chi connectivity index (χ0n) is 21.5. The summed E-state index contributed by atoms with van der Waals surface area (Å²) in [5.41, 5.74) is 10.3. The van der Waals surface area contributed by atoms with Crippen LogP contribution in [0.2, 0.25) is 58.9 Å². The molecule has 0 aliphatic carbocycles. The van der Waals surface area contributed by atoms with E-state index in [1.165, 1.54) is 0 Å². The molecule has 1 fully saturated rings. The minimum absolute atomic E-state index is 0.304. The first-order chi connectivity index (χ1) is 15.1. The summed E-state index contributed by atoms with van der Waals surface area (Å²) in [6.45, 7) is 19.5. The van der Waals surface area contributed by atoms with Gasteiger partial charge < -0.3 is 23.1 Å². The van der Waals surface area contributed by atoms with E-state index in [1.807, 2.05) is 12.1 Å². The molecule has 2 unspecified atom stereocenters. The quantitative estimate of drug-likeness (QED) is 0.191. The summed E-state index contributed by atoms with van der Waals surface area (Å²) < 4.78 is 25.7. The van der Waals surface area contributed by atoms with Crippen LogP contribution in [0.3, 0.4) is 0 Å². The Bertz CT molecular complexity index is 815. The van der Waals surface area contributed by atoms with Gasteiger partial charge in [-0.3, -0.25) is 0 Å². The molecule has 0 saturated carbocycles. The van der Waals surface area contributed by atoms with E-state index in [1.54, 1.807) is 12.1 Å². The summed E-state index contributed by atoms with van der Waals surface area (Å²) in [5.74, 6) is 0. The lowest BCUT2D eigenvalue weighted by Crippen LogP contribution is -2.64. The Hall–Kier alpha value is -1.02. The number of benzene rings is 1. The molecule has 186 valence electrons. The Morgan fingerprint density at radius 2 is 1.42 bits per heavy atom. The van der Waals surface area contributed by atoms with Crippen molar-refractivity contribution in [3.05, 3.63) is 40.3 Å². The van der Waals surface area contributed by atoms with Gasteiger partial charge in [0.25, 0.3) is 0 Å². The fourth-order valence-corrected chi connectivity index (χ4v) is 6.57. The van der Waals surface area contributed by atoms with Gasteiger partial charge in [0, 0.05) is 17.0 Å². The summed E-state index contributed by atoms with van der Waals surface area (Å²) >= 11 is 0. The Morgan fingerprint density at radius 3 is 1.91 bits per heavy atom. The molecule has 1 saturated heterocycles. The molecule has 1 N–H and O–H groups in total. The normalized spacial score (nSPS) is 26.7. The number of ether oxygens (including phenoxy) is 1. The van der Waals surface area contributed by atoms with Crippen molar-refractivity contribution in [1.29, 1.82) is 0 Å². The second-order valence-electron chi connectivity index (χ2n) is 11.6. The van der Waals surface area contributed by atoms with Crippen molar-refractivity contribution < 1.29 is 23.1 Å². The molecule has 1 aliphatic rings. The highest BCUT2D eigenvalue weighted by atomic mass is 28.4. The van der Waals surface area contributed by atoms with Gasteiger partial charge in [-0.05, 0) is 70.0 Å². The van der Waals surface area contributed by atoms with Gasteiger partial charge in [0.15, 0.2) is 25.0 Å². The number of rotatable bonds is 10. The molecule has 0 radical (unpaired) electrons. The molecule has 0 bridgehead atoms. The third-order valence-electron chi connectivity index (χ3n) is 4.95. The van der Waals surface area contributed by atoms with Crippen LogP contribution in [0.1, 0.15) is 5.56 Å². The SMILES string of the molecule is C[Si](C)(C)OC[C@H]1O[C@H](Cc2ccc(N=[N+]=[N-])cc2)C(O[Si](C)(C)C)C(O[Si](C)(C)C)[C@@H]1O. The zero-order chi connectivity index (χ0) is 25.0. The Balaban J connectivity index is 2.38. The number of nitrogens with zero attached hydrogens (tertiary/aromatic N) is 3. The molecular formula is C22H41N3O5Si3. The highest BCUT2D eigenvalue weighted by Gasteiger charge is 2.49. The summed E-state index contributed by atoms with van der Waals surface area (Å²) in [7, 11) is -5.76. The van der Waals surface area contributed by atoms with Crippen LogP contribution in [-0.2, 0) is 24.4 Å². The molecule has 5 atom stereocenters. The molecule has 2 rings (SSSR count). The van der Waals surface area contributed by atoms with Gasteiger partial charge in [0.1, 0.15) is 18.3 Å². The summed E-state index contributed by atoms with van der Waals surface area (Å²) in [4.78, 5) is 2.84. The fourth-order valence-electron chi connectivity index (χ4n) is 3.71. The van der Waals surface area contributed by atoms with E-state index in [2.05, 4.69) is 68.9 Å². The van der Waals surface area contributed by atoms with Crippen LogP contribution in [0.25, 0.3) is 10.4 Å². The van der Waals surface area contributed by atoms with Gasteiger partial charge in [0.05, 0.1) is 18.8 Å². The van der Waals surface area contributed by atoms with Gasteiger partial charge >= 0.3 is 0 Å². The number of aliphatic hydroxyl groups excluding tert-OH is 1. The average Bonchev–Trinajstić information content (AvgIpc) is 2.65. The first kappa shape index (κ1) is 28.2. The third-order valence-corrected chi connectivity index (χ3v) is 7.94. The second-order valence-corrected chi connectivity index (χ2v) is 25.0. The number of azide groups is 1.